The van der Waals surface area contributed by atoms with Crippen LogP contribution in [0.1, 0.15) is 48.6 Å². The number of pyridine rings is 1. The number of halogens is 2. The molecule has 0 aliphatic carbocycles. The molecule has 0 saturated carbocycles. The zero-order chi connectivity index (χ0) is 20.7. The molecule has 1 aromatic heterocycles. The monoisotopic (exact) mass is 389 g/mol. The lowest BCUT2D eigenvalue weighted by Crippen LogP contribution is -2.23. The zero-order valence-corrected chi connectivity index (χ0v) is 17.0. The second-order valence-corrected chi connectivity index (χ2v) is 6.89. The van der Waals surface area contributed by atoms with E-state index in [2.05, 4.69) is 35.9 Å². The molecule has 6 heteroatoms. The molecule has 0 aliphatic heterocycles. The van der Waals surface area contributed by atoms with Gasteiger partial charge in [-0.05, 0) is 56.1 Å². The number of hydrogen-bond acceptors (Lipinski definition) is 4. The lowest BCUT2D eigenvalue weighted by Gasteiger charge is -2.27. The summed E-state index contributed by atoms with van der Waals surface area (Å²) in [5.74, 6) is 1.02. The Bertz CT molecular complexity index is 808. The Kier molecular flexibility index (Phi) is 7.93. The van der Waals surface area contributed by atoms with E-state index in [0.717, 1.165) is 28.7 Å². The Morgan fingerprint density at radius 2 is 2.04 bits per heavy atom. The van der Waals surface area contributed by atoms with Gasteiger partial charge in [0.2, 0.25) is 0 Å². The molecule has 0 amide bonds. The van der Waals surface area contributed by atoms with Crippen molar-refractivity contribution in [1.29, 1.82) is 0 Å². The van der Waals surface area contributed by atoms with Gasteiger partial charge in [0.25, 0.3) is 6.43 Å². The van der Waals surface area contributed by atoms with E-state index in [1.807, 2.05) is 32.2 Å². The van der Waals surface area contributed by atoms with Crippen molar-refractivity contribution < 1.29 is 13.5 Å². The molecule has 0 fully saturated rings. The van der Waals surface area contributed by atoms with Crippen LogP contribution in [0.5, 0.6) is 5.75 Å². The van der Waals surface area contributed by atoms with Crippen LogP contribution in [0.4, 0.5) is 14.6 Å². The molecule has 4 nitrogen and oxygen atoms in total. The van der Waals surface area contributed by atoms with Gasteiger partial charge in [-0.2, -0.15) is 0 Å². The first kappa shape index (κ1) is 21.8. The summed E-state index contributed by atoms with van der Waals surface area (Å²) >= 11 is 0. The van der Waals surface area contributed by atoms with Crippen LogP contribution in [0.15, 0.2) is 36.5 Å². The Balaban J connectivity index is 2.16. The number of rotatable bonds is 9. The third-order valence-electron chi connectivity index (χ3n) is 4.77. The van der Waals surface area contributed by atoms with Crippen molar-refractivity contribution in [1.82, 2.24) is 9.88 Å². The fraction of sp³-hybridized carbons (Fsp3) is 0.409. The first-order valence-corrected chi connectivity index (χ1v) is 9.45. The Labute approximate surface area is 166 Å². The normalized spacial score (nSPS) is 12.9. The van der Waals surface area contributed by atoms with Gasteiger partial charge in [0.1, 0.15) is 18.2 Å². The summed E-state index contributed by atoms with van der Waals surface area (Å²) in [7, 11) is 2.03. The average Bonchev–Trinajstić information content (AvgIpc) is 2.66. The van der Waals surface area contributed by atoms with Crippen LogP contribution in [0.3, 0.4) is 0 Å². The summed E-state index contributed by atoms with van der Waals surface area (Å²) < 4.78 is 29.9. The molecule has 1 atom stereocenters. The molecule has 2 aromatic rings. The molecule has 0 saturated heterocycles. The van der Waals surface area contributed by atoms with Crippen molar-refractivity contribution in [3.63, 3.8) is 0 Å². The summed E-state index contributed by atoms with van der Waals surface area (Å²) in [5, 5.41) is 0. The van der Waals surface area contributed by atoms with Crippen molar-refractivity contribution in [2.24, 2.45) is 0 Å². The smallest absolute Gasteiger partial charge is 0.272 e. The molecule has 2 rings (SSSR count). The lowest BCUT2D eigenvalue weighted by atomic mass is 10.0. The van der Waals surface area contributed by atoms with Gasteiger partial charge in [0.05, 0.1) is 0 Å². The van der Waals surface area contributed by atoms with E-state index in [4.69, 9.17) is 10.5 Å². The van der Waals surface area contributed by atoms with Crippen molar-refractivity contribution >= 4 is 11.9 Å². The summed E-state index contributed by atoms with van der Waals surface area (Å²) in [4.78, 5) is 6.42. The van der Waals surface area contributed by atoms with Crippen LogP contribution >= 0.6 is 0 Å². The number of hydrogen-bond donors (Lipinski definition) is 1. The first-order valence-electron chi connectivity index (χ1n) is 9.45. The number of aromatic nitrogens is 1. The van der Waals surface area contributed by atoms with E-state index in [1.54, 1.807) is 12.3 Å². The summed E-state index contributed by atoms with van der Waals surface area (Å²) in [6, 6.07) is 7.72. The number of ether oxygens (including phenoxy) is 1. The number of anilines is 1. The highest BCUT2D eigenvalue weighted by atomic mass is 19.3. The topological polar surface area (TPSA) is 51.4 Å². The fourth-order valence-corrected chi connectivity index (χ4v) is 2.99. The molecule has 1 heterocycles. The molecule has 1 unspecified atom stereocenters. The maximum atomic E-state index is 12.4. The van der Waals surface area contributed by atoms with E-state index >= 15 is 0 Å². The minimum Gasteiger partial charge on any atom is -0.487 e. The number of allylic oxidation sites excluding steroid dienone is 1. The van der Waals surface area contributed by atoms with Gasteiger partial charge in [0, 0.05) is 24.3 Å². The van der Waals surface area contributed by atoms with E-state index in [-0.39, 0.29) is 6.04 Å². The molecule has 2 N–H and O–H groups in total. The number of nitrogen functional groups attached to an aromatic ring is 1. The summed E-state index contributed by atoms with van der Waals surface area (Å²) in [5.41, 5.74) is 10.1. The number of aryl methyl sites for hydroxylation is 1. The molecule has 1 aromatic carbocycles. The maximum absolute atomic E-state index is 12.4. The molecular formula is C22H29F2N3O. The van der Waals surface area contributed by atoms with Gasteiger partial charge in [-0.15, -0.1) is 0 Å². The SMILES string of the molecule is CCC=Cc1ccnc(N)c1CN(C)C(C)c1ccc(OCC(F)F)c(C)c1. The standard InChI is InChI=1S/C22H29F2N3O/c1-5-6-7-17-10-11-26-22(25)19(17)13-27(4)16(3)18-8-9-20(15(2)12-18)28-14-21(23)24/h6-12,16,21H,5,13-14H2,1-4H3,(H2,25,26). The minimum atomic E-state index is -2.48. The highest BCUT2D eigenvalue weighted by Crippen LogP contribution is 2.28. The lowest BCUT2D eigenvalue weighted by molar-refractivity contribution is 0.0815. The third-order valence-corrected chi connectivity index (χ3v) is 4.77. The van der Waals surface area contributed by atoms with Gasteiger partial charge < -0.3 is 10.5 Å². The predicted octanol–water partition coefficient (Wildman–Crippen LogP) is 5.23. The first-order chi connectivity index (χ1) is 13.3. The zero-order valence-electron chi connectivity index (χ0n) is 17.0. The fourth-order valence-electron chi connectivity index (χ4n) is 2.99. The van der Waals surface area contributed by atoms with E-state index in [0.29, 0.717) is 18.1 Å². The molecule has 0 bridgehead atoms. The molecule has 152 valence electrons. The van der Waals surface area contributed by atoms with Crippen LogP contribution < -0.4 is 10.5 Å². The Morgan fingerprint density at radius 1 is 1.29 bits per heavy atom. The Hall–Kier alpha value is -2.47. The second kappa shape index (κ2) is 10.2. The quantitative estimate of drug-likeness (QED) is 0.638. The van der Waals surface area contributed by atoms with Gasteiger partial charge in [-0.1, -0.05) is 31.2 Å². The Morgan fingerprint density at radius 3 is 2.68 bits per heavy atom. The number of alkyl halides is 2. The summed E-state index contributed by atoms with van der Waals surface area (Å²) in [6.07, 6.45) is 4.37. The number of nitrogens with zero attached hydrogens (tertiary/aromatic N) is 2. The molecule has 0 aliphatic rings. The molecule has 28 heavy (non-hydrogen) atoms. The maximum Gasteiger partial charge on any atom is 0.272 e. The predicted molar refractivity (Wildman–Crippen MR) is 111 cm³/mol. The number of nitrogens with two attached hydrogens (primary N) is 1. The van der Waals surface area contributed by atoms with Crippen LogP contribution in [-0.4, -0.2) is 30.0 Å². The van der Waals surface area contributed by atoms with Crippen molar-refractivity contribution in [3.05, 3.63) is 58.8 Å². The van der Waals surface area contributed by atoms with Crippen LogP contribution in [-0.2, 0) is 6.54 Å². The largest absolute Gasteiger partial charge is 0.487 e. The average molecular weight is 389 g/mol. The van der Waals surface area contributed by atoms with E-state index < -0.39 is 13.0 Å². The van der Waals surface area contributed by atoms with Gasteiger partial charge >= 0.3 is 0 Å². The van der Waals surface area contributed by atoms with E-state index in [9.17, 15) is 8.78 Å². The van der Waals surface area contributed by atoms with Crippen molar-refractivity contribution in [2.45, 2.75) is 46.2 Å². The van der Waals surface area contributed by atoms with Crippen LogP contribution in [0.25, 0.3) is 6.08 Å². The minimum absolute atomic E-state index is 0.102. The van der Waals surface area contributed by atoms with Crippen molar-refractivity contribution in [2.75, 3.05) is 19.4 Å². The van der Waals surface area contributed by atoms with Gasteiger partial charge in [0.15, 0.2) is 0 Å². The molecule has 0 radical (unpaired) electrons. The third kappa shape index (κ3) is 5.76. The van der Waals surface area contributed by atoms with Crippen LogP contribution in [0.2, 0.25) is 0 Å². The molecular weight excluding hydrogens is 360 g/mol. The van der Waals surface area contributed by atoms with Crippen molar-refractivity contribution in [3.8, 4) is 5.75 Å². The highest BCUT2D eigenvalue weighted by molar-refractivity contribution is 5.59. The van der Waals surface area contributed by atoms with Gasteiger partial charge in [-0.3, -0.25) is 4.90 Å². The molecule has 0 spiro atoms. The highest BCUT2D eigenvalue weighted by Gasteiger charge is 2.16. The van der Waals surface area contributed by atoms with Gasteiger partial charge in [-0.25, -0.2) is 13.8 Å². The second-order valence-electron chi connectivity index (χ2n) is 6.89. The van der Waals surface area contributed by atoms with E-state index in [1.165, 1.54) is 0 Å². The number of benzene rings is 1. The van der Waals surface area contributed by atoms with Crippen LogP contribution in [0, 0.1) is 6.92 Å². The summed E-state index contributed by atoms with van der Waals surface area (Å²) in [6.45, 7) is 6.11.